The fourth-order valence-electron chi connectivity index (χ4n) is 2.63. The summed E-state index contributed by atoms with van der Waals surface area (Å²) in [5, 5.41) is 11.7. The van der Waals surface area contributed by atoms with Crippen LogP contribution in [0.3, 0.4) is 0 Å². The highest BCUT2D eigenvalue weighted by molar-refractivity contribution is 8.01. The van der Waals surface area contributed by atoms with Gasteiger partial charge in [0.1, 0.15) is 5.75 Å². The molecule has 3 rings (SSSR count). The Kier molecular flexibility index (Phi) is 5.77. The molecule has 9 heteroatoms. The minimum Gasteiger partial charge on any atom is -0.497 e. The van der Waals surface area contributed by atoms with Crippen LogP contribution in [0.4, 0.5) is 10.8 Å². The fraction of sp³-hybridized carbons (Fsp3) is 0.412. The van der Waals surface area contributed by atoms with Crippen molar-refractivity contribution in [2.75, 3.05) is 23.9 Å². The minimum atomic E-state index is -0.418. The third-order valence-corrected chi connectivity index (χ3v) is 5.76. The lowest BCUT2D eigenvalue weighted by atomic mass is 10.1. The van der Waals surface area contributed by atoms with E-state index in [1.807, 2.05) is 18.2 Å². The number of aromatic nitrogens is 2. The molecule has 2 heterocycles. The smallest absolute Gasteiger partial charge is 0.231 e. The van der Waals surface area contributed by atoms with Crippen molar-refractivity contribution >= 4 is 45.7 Å². The molecule has 2 aromatic rings. The highest BCUT2D eigenvalue weighted by Gasteiger charge is 2.35. The quantitative estimate of drug-likeness (QED) is 0.601. The number of anilines is 2. The first kappa shape index (κ1) is 18.7. The van der Waals surface area contributed by atoms with Gasteiger partial charge in [0.05, 0.1) is 13.0 Å². The Bertz CT molecular complexity index is 809. The molecular formula is C17H20N4O3S2. The summed E-state index contributed by atoms with van der Waals surface area (Å²) in [4.78, 5) is 26.5. The molecule has 1 atom stereocenters. The average Bonchev–Trinajstić information content (AvgIpc) is 3.21. The Morgan fingerprint density at radius 3 is 2.96 bits per heavy atom. The van der Waals surface area contributed by atoms with Crippen LogP contribution in [-0.4, -0.2) is 40.9 Å². The van der Waals surface area contributed by atoms with Crippen molar-refractivity contribution in [3.05, 3.63) is 24.3 Å². The lowest BCUT2D eigenvalue weighted by molar-refractivity contribution is -0.122. The maximum Gasteiger partial charge on any atom is 0.231 e. The predicted octanol–water partition coefficient (Wildman–Crippen LogP) is 3.04. The number of carbonyl (C=O) groups excluding carboxylic acids is 2. The summed E-state index contributed by atoms with van der Waals surface area (Å²) in [6.07, 6.45) is 0.176. The van der Waals surface area contributed by atoms with Gasteiger partial charge in [0.25, 0.3) is 0 Å². The monoisotopic (exact) mass is 392 g/mol. The van der Waals surface area contributed by atoms with Gasteiger partial charge in [0, 0.05) is 30.0 Å². The van der Waals surface area contributed by atoms with Crippen molar-refractivity contribution in [1.82, 2.24) is 10.2 Å². The lowest BCUT2D eigenvalue weighted by Crippen LogP contribution is -2.28. The molecule has 1 saturated heterocycles. The largest absolute Gasteiger partial charge is 0.497 e. The van der Waals surface area contributed by atoms with Gasteiger partial charge in [-0.05, 0) is 12.1 Å². The Hall–Kier alpha value is -2.13. The highest BCUT2D eigenvalue weighted by Crippen LogP contribution is 2.31. The van der Waals surface area contributed by atoms with Crippen molar-refractivity contribution in [2.24, 2.45) is 5.92 Å². The number of methoxy groups -OCH3 is 1. The summed E-state index contributed by atoms with van der Waals surface area (Å²) in [6.45, 7) is 4.48. The summed E-state index contributed by atoms with van der Waals surface area (Å²) in [5.74, 6) is -0.0289. The summed E-state index contributed by atoms with van der Waals surface area (Å²) in [5.41, 5.74) is 0.733. The van der Waals surface area contributed by atoms with Gasteiger partial charge in [-0.1, -0.05) is 43.0 Å². The van der Waals surface area contributed by atoms with Crippen molar-refractivity contribution < 1.29 is 14.3 Å². The van der Waals surface area contributed by atoms with Crippen LogP contribution in [0.5, 0.6) is 5.75 Å². The van der Waals surface area contributed by atoms with Crippen LogP contribution in [0.25, 0.3) is 0 Å². The number of ether oxygens (including phenoxy) is 1. The lowest BCUT2D eigenvalue weighted by Gasteiger charge is -2.17. The molecule has 0 radical (unpaired) electrons. The predicted molar refractivity (Wildman–Crippen MR) is 103 cm³/mol. The van der Waals surface area contributed by atoms with E-state index in [9.17, 15) is 9.59 Å². The topological polar surface area (TPSA) is 84.4 Å². The number of benzene rings is 1. The van der Waals surface area contributed by atoms with Gasteiger partial charge in [-0.25, -0.2) is 0 Å². The zero-order valence-corrected chi connectivity index (χ0v) is 16.4. The fourth-order valence-corrected chi connectivity index (χ4v) is 4.61. The van der Waals surface area contributed by atoms with E-state index in [1.54, 1.807) is 29.8 Å². The number of hydrogen-bond donors (Lipinski definition) is 1. The number of hydrogen-bond acceptors (Lipinski definition) is 7. The van der Waals surface area contributed by atoms with Gasteiger partial charge >= 0.3 is 0 Å². The Morgan fingerprint density at radius 2 is 2.23 bits per heavy atom. The van der Waals surface area contributed by atoms with Gasteiger partial charge in [0.15, 0.2) is 4.34 Å². The average molecular weight is 393 g/mol. The summed E-state index contributed by atoms with van der Waals surface area (Å²) in [6, 6.07) is 7.26. The van der Waals surface area contributed by atoms with Crippen LogP contribution >= 0.6 is 23.1 Å². The third-order valence-electron chi connectivity index (χ3n) is 3.83. The van der Waals surface area contributed by atoms with Gasteiger partial charge in [-0.15, -0.1) is 10.2 Å². The Balaban J connectivity index is 1.64. The molecule has 1 aromatic heterocycles. The highest BCUT2D eigenvalue weighted by atomic mass is 32.2. The van der Waals surface area contributed by atoms with E-state index in [2.05, 4.69) is 29.4 Å². The molecule has 2 amide bonds. The summed E-state index contributed by atoms with van der Waals surface area (Å²) in [7, 11) is 1.58. The van der Waals surface area contributed by atoms with Crippen LogP contribution in [0.1, 0.15) is 20.3 Å². The van der Waals surface area contributed by atoms with Crippen molar-refractivity contribution in [3.63, 3.8) is 0 Å². The van der Waals surface area contributed by atoms with E-state index < -0.39 is 5.92 Å². The van der Waals surface area contributed by atoms with Gasteiger partial charge in [-0.2, -0.15) is 0 Å². The minimum absolute atomic E-state index is 0.0771. The zero-order valence-electron chi connectivity index (χ0n) is 14.8. The molecule has 1 aromatic carbocycles. The molecule has 0 bridgehead atoms. The standard InChI is InChI=1S/C17H20N4O3S2/c1-10(2)25-17-20-19-16(26-17)18-15(23)11-7-14(22)21(9-11)12-5-4-6-13(8-12)24-3/h4-6,8,10-11H,7,9H2,1-3H3,(H,18,19,23)/t11-/m1/s1. The van der Waals surface area contributed by atoms with Crippen LogP contribution in [0, 0.1) is 5.92 Å². The second kappa shape index (κ2) is 8.05. The number of rotatable bonds is 6. The molecule has 1 N–H and O–H groups in total. The van der Waals surface area contributed by atoms with Crippen LogP contribution in [0.2, 0.25) is 0 Å². The van der Waals surface area contributed by atoms with E-state index in [0.29, 0.717) is 22.7 Å². The second-order valence-electron chi connectivity index (χ2n) is 6.14. The van der Waals surface area contributed by atoms with Gasteiger partial charge in [-0.3, -0.25) is 9.59 Å². The van der Waals surface area contributed by atoms with E-state index in [4.69, 9.17) is 4.74 Å². The van der Waals surface area contributed by atoms with Crippen LogP contribution in [0.15, 0.2) is 28.6 Å². The molecule has 0 aliphatic carbocycles. The molecule has 0 saturated carbocycles. The van der Waals surface area contributed by atoms with Crippen molar-refractivity contribution in [1.29, 1.82) is 0 Å². The maximum atomic E-state index is 12.5. The molecule has 7 nitrogen and oxygen atoms in total. The molecule has 1 fully saturated rings. The molecule has 138 valence electrons. The first-order valence-electron chi connectivity index (χ1n) is 8.21. The Morgan fingerprint density at radius 1 is 1.42 bits per heavy atom. The normalized spacial score (nSPS) is 17.0. The first-order chi connectivity index (χ1) is 12.5. The maximum absolute atomic E-state index is 12.5. The van der Waals surface area contributed by atoms with E-state index >= 15 is 0 Å². The van der Waals surface area contributed by atoms with Crippen molar-refractivity contribution in [2.45, 2.75) is 29.9 Å². The number of amides is 2. The molecular weight excluding hydrogens is 372 g/mol. The molecule has 0 spiro atoms. The van der Waals surface area contributed by atoms with Crippen LogP contribution < -0.4 is 15.0 Å². The third kappa shape index (κ3) is 4.34. The second-order valence-corrected chi connectivity index (χ2v) is 8.94. The SMILES string of the molecule is COc1cccc(N2C[C@H](C(=O)Nc3nnc(SC(C)C)s3)CC2=O)c1. The van der Waals surface area contributed by atoms with E-state index in [1.165, 1.54) is 11.3 Å². The summed E-state index contributed by atoms with van der Waals surface area (Å²) < 4.78 is 6.02. The number of thioether (sulfide) groups is 1. The van der Waals surface area contributed by atoms with E-state index in [-0.39, 0.29) is 18.2 Å². The van der Waals surface area contributed by atoms with Gasteiger partial charge in [0.2, 0.25) is 16.9 Å². The zero-order chi connectivity index (χ0) is 18.7. The number of nitrogens with one attached hydrogen (secondary N) is 1. The first-order valence-corrected chi connectivity index (χ1v) is 9.91. The molecule has 26 heavy (non-hydrogen) atoms. The summed E-state index contributed by atoms with van der Waals surface area (Å²) >= 11 is 2.94. The number of nitrogens with zero attached hydrogens (tertiary/aromatic N) is 3. The molecule has 0 unspecified atom stereocenters. The molecule has 1 aliphatic rings. The Labute approximate surface area is 160 Å². The van der Waals surface area contributed by atoms with Crippen molar-refractivity contribution in [3.8, 4) is 5.75 Å². The van der Waals surface area contributed by atoms with Crippen LogP contribution in [-0.2, 0) is 9.59 Å². The van der Waals surface area contributed by atoms with Gasteiger partial charge < -0.3 is 15.0 Å². The molecule has 1 aliphatic heterocycles. The number of carbonyl (C=O) groups is 2. The van der Waals surface area contributed by atoms with E-state index in [0.717, 1.165) is 10.0 Å².